The molecular formula is C22H18Cl2F4N4O2S. The van der Waals surface area contributed by atoms with Gasteiger partial charge in [0, 0.05) is 23.8 Å². The molecule has 0 atom stereocenters. The Balaban J connectivity index is 0.00000342. The quantitative estimate of drug-likeness (QED) is 0.229. The van der Waals surface area contributed by atoms with Crippen LogP contribution < -0.4 is 10.6 Å². The fraction of sp³-hybridized carbons (Fsp3) is 0.136. The van der Waals surface area contributed by atoms with E-state index in [-0.39, 0.29) is 39.3 Å². The van der Waals surface area contributed by atoms with Gasteiger partial charge in [0.2, 0.25) is 0 Å². The van der Waals surface area contributed by atoms with Crippen LogP contribution in [0.3, 0.4) is 0 Å². The molecule has 0 aliphatic carbocycles. The Morgan fingerprint density at radius 3 is 2.49 bits per heavy atom. The van der Waals surface area contributed by atoms with Crippen LogP contribution >= 0.6 is 24.0 Å². The van der Waals surface area contributed by atoms with Crippen LogP contribution in [0.5, 0.6) is 0 Å². The topological polar surface area (TPSA) is 76.0 Å². The fourth-order valence-electron chi connectivity index (χ4n) is 3.52. The van der Waals surface area contributed by atoms with Crippen LogP contribution in [0.15, 0.2) is 65.7 Å². The van der Waals surface area contributed by atoms with Gasteiger partial charge in [0.1, 0.15) is 11.0 Å². The number of alkyl halides is 3. The lowest BCUT2D eigenvalue weighted by Crippen LogP contribution is -2.13. The normalized spacial score (nSPS) is 11.9. The number of rotatable bonds is 6. The number of halogens is 6. The number of nitrogens with one attached hydrogen (secondary N) is 2. The second-order valence-corrected chi connectivity index (χ2v) is 9.53. The average molecular weight is 549 g/mol. The van der Waals surface area contributed by atoms with Crippen molar-refractivity contribution in [2.75, 3.05) is 12.4 Å². The van der Waals surface area contributed by atoms with Crippen molar-refractivity contribution in [3.8, 4) is 0 Å². The van der Waals surface area contributed by atoms with Crippen LogP contribution in [0, 0.1) is 5.82 Å². The maximum absolute atomic E-state index is 13.7. The highest BCUT2D eigenvalue weighted by Crippen LogP contribution is 2.36. The van der Waals surface area contributed by atoms with Crippen molar-refractivity contribution >= 4 is 56.3 Å². The molecule has 0 aliphatic rings. The third kappa shape index (κ3) is 5.37. The highest BCUT2D eigenvalue weighted by molar-refractivity contribution is 7.90. The van der Waals surface area contributed by atoms with Gasteiger partial charge in [0.15, 0.2) is 5.69 Å². The molecular weight excluding hydrogens is 531 g/mol. The zero-order valence-electron chi connectivity index (χ0n) is 17.9. The largest absolute Gasteiger partial charge is 0.435 e. The first kappa shape index (κ1) is 26.7. The van der Waals surface area contributed by atoms with E-state index in [9.17, 15) is 26.0 Å². The number of pyridine rings is 1. The molecule has 186 valence electrons. The van der Waals surface area contributed by atoms with Crippen molar-refractivity contribution < 1.29 is 26.0 Å². The number of aromatic nitrogens is 2. The number of hydrogen-bond acceptors (Lipinski definition) is 5. The minimum atomic E-state index is -4.77. The minimum Gasteiger partial charge on any atom is -0.354 e. The molecule has 0 saturated carbocycles. The fourth-order valence-corrected chi connectivity index (χ4v) is 5.09. The van der Waals surface area contributed by atoms with Gasteiger partial charge in [-0.25, -0.2) is 21.8 Å². The number of nitrogens with zero attached hydrogens (tertiary/aromatic N) is 2. The second-order valence-electron chi connectivity index (χ2n) is 7.33. The summed E-state index contributed by atoms with van der Waals surface area (Å²) in [6.07, 6.45) is -3.37. The summed E-state index contributed by atoms with van der Waals surface area (Å²) >= 11 is 5.64. The number of benzene rings is 2. The van der Waals surface area contributed by atoms with E-state index in [1.165, 1.54) is 36.5 Å². The molecule has 2 N–H and O–H groups in total. The molecule has 0 radical (unpaired) electrons. The molecule has 2 aromatic carbocycles. The zero-order valence-corrected chi connectivity index (χ0v) is 20.3. The van der Waals surface area contributed by atoms with Crippen LogP contribution in [-0.2, 0) is 22.7 Å². The molecule has 2 aromatic heterocycles. The van der Waals surface area contributed by atoms with E-state index in [2.05, 4.69) is 15.6 Å². The summed E-state index contributed by atoms with van der Waals surface area (Å²) in [5, 5.41) is 5.83. The van der Waals surface area contributed by atoms with Gasteiger partial charge in [-0.2, -0.15) is 13.2 Å². The van der Waals surface area contributed by atoms with Gasteiger partial charge in [0.05, 0.1) is 16.1 Å². The Morgan fingerprint density at radius 1 is 1.09 bits per heavy atom. The Morgan fingerprint density at radius 2 is 1.83 bits per heavy atom. The first-order valence-corrected chi connectivity index (χ1v) is 11.6. The third-order valence-electron chi connectivity index (χ3n) is 4.98. The maximum atomic E-state index is 13.7. The molecule has 0 unspecified atom stereocenters. The lowest BCUT2D eigenvalue weighted by Gasteiger charge is -2.14. The lowest BCUT2D eigenvalue weighted by molar-refractivity contribution is -0.140. The van der Waals surface area contributed by atoms with Gasteiger partial charge in [0.25, 0.3) is 10.0 Å². The predicted octanol–water partition coefficient (Wildman–Crippen LogP) is 5.97. The molecule has 0 amide bonds. The molecule has 4 rings (SSSR count). The van der Waals surface area contributed by atoms with Crippen LogP contribution in [0.25, 0.3) is 10.9 Å². The van der Waals surface area contributed by atoms with Crippen molar-refractivity contribution in [2.24, 2.45) is 0 Å². The van der Waals surface area contributed by atoms with Crippen molar-refractivity contribution in [2.45, 2.75) is 17.6 Å². The minimum absolute atomic E-state index is 0. The summed E-state index contributed by atoms with van der Waals surface area (Å²) in [6, 6.07) is 11.4. The molecule has 0 aliphatic heterocycles. The number of hydrogen-bond donors (Lipinski definition) is 2. The van der Waals surface area contributed by atoms with Crippen molar-refractivity contribution in [1.29, 1.82) is 0 Å². The van der Waals surface area contributed by atoms with Crippen LogP contribution in [-0.4, -0.2) is 24.4 Å². The summed E-state index contributed by atoms with van der Waals surface area (Å²) in [7, 11) is -2.51. The Hall–Kier alpha value is -2.86. The highest BCUT2D eigenvalue weighted by atomic mass is 35.5. The molecule has 0 spiro atoms. The van der Waals surface area contributed by atoms with E-state index >= 15 is 0 Å². The lowest BCUT2D eigenvalue weighted by atomic mass is 10.1. The predicted molar refractivity (Wildman–Crippen MR) is 128 cm³/mol. The van der Waals surface area contributed by atoms with Crippen molar-refractivity contribution in [3.05, 3.63) is 83.0 Å². The van der Waals surface area contributed by atoms with Gasteiger partial charge in [-0.05, 0) is 55.1 Å². The summed E-state index contributed by atoms with van der Waals surface area (Å²) in [5.74, 6) is -0.717. The molecule has 6 nitrogen and oxygen atoms in total. The molecule has 35 heavy (non-hydrogen) atoms. The second kappa shape index (κ2) is 10.0. The highest BCUT2D eigenvalue weighted by Gasteiger charge is 2.36. The van der Waals surface area contributed by atoms with E-state index in [4.69, 9.17) is 11.6 Å². The SMILES string of the molecule is CNCc1cn(S(=O)(=O)c2cccc(F)c2)c2cc(Nc3ccc(Cl)nc3C(F)(F)F)ccc12.Cl. The molecule has 0 bridgehead atoms. The van der Waals surface area contributed by atoms with Crippen LogP contribution in [0.1, 0.15) is 11.3 Å². The molecule has 13 heteroatoms. The Bertz CT molecular complexity index is 1490. The van der Waals surface area contributed by atoms with Crippen LogP contribution in [0.4, 0.5) is 28.9 Å². The Labute approximate surface area is 209 Å². The summed E-state index contributed by atoms with van der Waals surface area (Å²) in [4.78, 5) is 3.11. The first-order chi connectivity index (χ1) is 16.0. The van der Waals surface area contributed by atoms with E-state index in [0.717, 1.165) is 22.2 Å². The Kier molecular flexibility index (Phi) is 7.65. The summed E-state index contributed by atoms with van der Waals surface area (Å²) < 4.78 is 81.6. The number of anilines is 2. The smallest absolute Gasteiger partial charge is 0.354 e. The van der Waals surface area contributed by atoms with E-state index in [0.29, 0.717) is 17.5 Å². The molecule has 4 aromatic rings. The van der Waals surface area contributed by atoms with Crippen molar-refractivity contribution in [1.82, 2.24) is 14.3 Å². The zero-order chi connectivity index (χ0) is 24.7. The van der Waals surface area contributed by atoms with Gasteiger partial charge in [-0.1, -0.05) is 23.7 Å². The van der Waals surface area contributed by atoms with Crippen LogP contribution in [0.2, 0.25) is 5.15 Å². The maximum Gasteiger partial charge on any atom is 0.435 e. The van der Waals surface area contributed by atoms with E-state index in [1.54, 1.807) is 13.1 Å². The molecule has 2 heterocycles. The monoisotopic (exact) mass is 548 g/mol. The van der Waals surface area contributed by atoms with Gasteiger partial charge >= 0.3 is 6.18 Å². The third-order valence-corrected chi connectivity index (χ3v) is 6.86. The van der Waals surface area contributed by atoms with Gasteiger partial charge in [-0.15, -0.1) is 12.4 Å². The standard InChI is InChI=1S/C22H17ClF4N4O2S.ClH/c1-28-11-13-12-31(34(32,33)16-4-2-3-14(24)9-16)19-10-15(5-6-17(13)19)29-18-7-8-20(23)30-21(18)22(25,26)27;/h2-10,12,28-29H,11H2,1H3;1H. The summed E-state index contributed by atoms with van der Waals surface area (Å²) in [5.41, 5.74) is -0.536. The average Bonchev–Trinajstić information content (AvgIpc) is 3.13. The van der Waals surface area contributed by atoms with E-state index < -0.39 is 27.7 Å². The van der Waals surface area contributed by atoms with Crippen molar-refractivity contribution in [3.63, 3.8) is 0 Å². The first-order valence-electron chi connectivity index (χ1n) is 9.81. The molecule has 0 fully saturated rings. The van der Waals surface area contributed by atoms with E-state index in [1.807, 2.05) is 0 Å². The molecule has 0 saturated heterocycles. The number of fused-ring (bicyclic) bond motifs is 1. The van der Waals surface area contributed by atoms with Gasteiger partial charge in [-0.3, -0.25) is 0 Å². The summed E-state index contributed by atoms with van der Waals surface area (Å²) in [6.45, 7) is 0.328. The van der Waals surface area contributed by atoms with Gasteiger partial charge < -0.3 is 10.6 Å².